The number of alkyl halides is 3. The molecular formula is C28H30F3N7O2. The summed E-state index contributed by atoms with van der Waals surface area (Å²) in [6, 6.07) is 10.4. The minimum Gasteiger partial charge on any atom is -0.494 e. The van der Waals surface area contributed by atoms with Crippen LogP contribution in [0.15, 0.2) is 61.1 Å². The van der Waals surface area contributed by atoms with Crippen LogP contribution < -0.4 is 26.6 Å². The Bertz CT molecular complexity index is 1580. The average molecular weight is 554 g/mol. The molecule has 0 fully saturated rings. The summed E-state index contributed by atoms with van der Waals surface area (Å²) in [6.45, 7) is 1.98. The van der Waals surface area contributed by atoms with Gasteiger partial charge in [-0.25, -0.2) is 10.8 Å². The number of aryl methyl sites for hydroxylation is 1. The van der Waals surface area contributed by atoms with E-state index in [9.17, 15) is 18.0 Å². The van der Waals surface area contributed by atoms with Gasteiger partial charge >= 0.3 is 6.18 Å². The van der Waals surface area contributed by atoms with Crippen LogP contribution in [-0.2, 0) is 12.7 Å². The standard InChI is InChI=1S/C28H30F3N7O2/c1-16-5-6-18(11-24(16)38(33)15-22(32)19-9-17-7-8-34-26(17)35-13-19)27(39)36-23-12-21(28(29,30)31)10-20(14-37(2)3)25(23)40-4/h5-13,15H,14,32-33H2,1-4H3,(H,34,35)(H,36,39)/b22-15-. The summed E-state index contributed by atoms with van der Waals surface area (Å²) in [6.07, 6.45) is 0.275. The number of methoxy groups -OCH3 is 1. The Hall–Kier alpha value is -4.55. The zero-order valence-electron chi connectivity index (χ0n) is 22.4. The number of nitrogens with zero attached hydrogens (tertiary/aromatic N) is 3. The Morgan fingerprint density at radius 2 is 1.90 bits per heavy atom. The zero-order chi connectivity index (χ0) is 29.2. The van der Waals surface area contributed by atoms with Crippen molar-refractivity contribution in [3.63, 3.8) is 0 Å². The number of anilines is 2. The fourth-order valence-corrected chi connectivity index (χ4v) is 4.26. The third-order valence-electron chi connectivity index (χ3n) is 6.19. The van der Waals surface area contributed by atoms with E-state index in [1.165, 1.54) is 24.4 Å². The predicted molar refractivity (Wildman–Crippen MR) is 149 cm³/mol. The summed E-state index contributed by atoms with van der Waals surface area (Å²) in [5.41, 5.74) is 8.66. The van der Waals surface area contributed by atoms with Crippen LogP contribution in [0.3, 0.4) is 0 Å². The number of amides is 1. The number of hydrogen-bond donors (Lipinski definition) is 4. The molecule has 0 aliphatic carbocycles. The number of rotatable bonds is 8. The Kier molecular flexibility index (Phi) is 8.03. The van der Waals surface area contributed by atoms with E-state index in [2.05, 4.69) is 15.3 Å². The molecule has 2 heterocycles. The summed E-state index contributed by atoms with van der Waals surface area (Å²) in [4.78, 5) is 22.3. The Morgan fingerprint density at radius 1 is 1.15 bits per heavy atom. The molecule has 4 aromatic rings. The van der Waals surface area contributed by atoms with Gasteiger partial charge in [-0.15, -0.1) is 0 Å². The van der Waals surface area contributed by atoms with Gasteiger partial charge < -0.3 is 25.7 Å². The van der Waals surface area contributed by atoms with E-state index < -0.39 is 17.6 Å². The fourth-order valence-electron chi connectivity index (χ4n) is 4.26. The maximum atomic E-state index is 13.6. The van der Waals surface area contributed by atoms with Crippen molar-refractivity contribution in [2.75, 3.05) is 31.5 Å². The lowest BCUT2D eigenvalue weighted by atomic mass is 10.1. The van der Waals surface area contributed by atoms with Gasteiger partial charge in [-0.05, 0) is 63.0 Å². The monoisotopic (exact) mass is 553 g/mol. The molecule has 0 atom stereocenters. The minimum atomic E-state index is -4.61. The molecule has 0 aliphatic rings. The lowest BCUT2D eigenvalue weighted by Gasteiger charge is -2.21. The summed E-state index contributed by atoms with van der Waals surface area (Å²) >= 11 is 0. The van der Waals surface area contributed by atoms with Crippen LogP contribution >= 0.6 is 0 Å². The highest BCUT2D eigenvalue weighted by molar-refractivity contribution is 6.06. The second kappa shape index (κ2) is 11.3. The molecule has 2 aromatic heterocycles. The van der Waals surface area contributed by atoms with Crippen molar-refractivity contribution in [3.8, 4) is 5.75 Å². The van der Waals surface area contributed by atoms with Gasteiger partial charge in [0.1, 0.15) is 11.4 Å². The second-order valence-electron chi connectivity index (χ2n) is 9.54. The van der Waals surface area contributed by atoms with E-state index >= 15 is 0 Å². The summed E-state index contributed by atoms with van der Waals surface area (Å²) in [5, 5.41) is 4.74. The van der Waals surface area contributed by atoms with Crippen LogP contribution in [0.5, 0.6) is 5.75 Å². The third-order valence-corrected chi connectivity index (χ3v) is 6.19. The van der Waals surface area contributed by atoms with E-state index in [0.717, 1.165) is 28.7 Å². The Balaban J connectivity index is 1.64. The van der Waals surface area contributed by atoms with Crippen LogP contribution in [0.1, 0.15) is 32.6 Å². The number of ether oxygens (including phenoxy) is 1. The van der Waals surface area contributed by atoms with Gasteiger partial charge in [0.2, 0.25) is 0 Å². The lowest BCUT2D eigenvalue weighted by molar-refractivity contribution is -0.137. The number of hydrazine groups is 1. The van der Waals surface area contributed by atoms with Gasteiger partial charge in [-0.3, -0.25) is 9.80 Å². The first-order valence-electron chi connectivity index (χ1n) is 12.2. The first-order valence-corrected chi connectivity index (χ1v) is 12.2. The van der Waals surface area contributed by atoms with E-state index in [-0.39, 0.29) is 29.1 Å². The van der Waals surface area contributed by atoms with Gasteiger partial charge in [-0.2, -0.15) is 13.2 Å². The summed E-state index contributed by atoms with van der Waals surface area (Å²) in [7, 11) is 4.79. The largest absolute Gasteiger partial charge is 0.494 e. The molecule has 0 radical (unpaired) electrons. The van der Waals surface area contributed by atoms with Crippen molar-refractivity contribution >= 4 is 34.0 Å². The highest BCUT2D eigenvalue weighted by Gasteiger charge is 2.33. The molecule has 0 unspecified atom stereocenters. The van der Waals surface area contributed by atoms with E-state index in [1.807, 2.05) is 12.1 Å². The number of H-pyrrole nitrogens is 1. The van der Waals surface area contributed by atoms with Gasteiger partial charge in [-0.1, -0.05) is 6.07 Å². The number of fused-ring (bicyclic) bond motifs is 1. The molecule has 0 spiro atoms. The molecule has 6 N–H and O–H groups in total. The average Bonchev–Trinajstić information content (AvgIpc) is 3.36. The number of pyridine rings is 1. The first kappa shape index (κ1) is 28.5. The van der Waals surface area contributed by atoms with E-state index in [0.29, 0.717) is 16.9 Å². The smallest absolute Gasteiger partial charge is 0.416 e. The number of carbonyl (C=O) groups excluding carboxylic acids is 1. The Morgan fingerprint density at radius 3 is 2.58 bits per heavy atom. The van der Waals surface area contributed by atoms with Crippen LogP contribution in [0.2, 0.25) is 0 Å². The topological polar surface area (TPSA) is 126 Å². The molecule has 210 valence electrons. The van der Waals surface area contributed by atoms with Gasteiger partial charge in [0, 0.05) is 47.2 Å². The fraction of sp³-hybridized carbons (Fsp3) is 0.214. The van der Waals surface area contributed by atoms with E-state index in [4.69, 9.17) is 16.3 Å². The number of nitrogens with one attached hydrogen (secondary N) is 2. The number of carbonyl (C=O) groups is 1. The zero-order valence-corrected chi connectivity index (χ0v) is 22.4. The number of nitrogens with two attached hydrogens (primary N) is 2. The van der Waals surface area contributed by atoms with Gasteiger partial charge in [0.25, 0.3) is 5.91 Å². The number of halogens is 3. The normalized spacial score (nSPS) is 12.2. The molecule has 40 heavy (non-hydrogen) atoms. The number of hydrogen-bond acceptors (Lipinski definition) is 7. The van der Waals surface area contributed by atoms with Crippen LogP contribution in [0.4, 0.5) is 24.5 Å². The SMILES string of the molecule is COc1c(CN(C)C)cc(C(F)(F)F)cc1NC(=O)c1ccc(C)c(N(N)/C=C(\N)c2cnc3[nH]ccc3c2)c1. The molecule has 9 nitrogen and oxygen atoms in total. The quantitative estimate of drug-likeness (QED) is 0.182. The molecule has 0 bridgehead atoms. The minimum absolute atomic E-state index is 0.0947. The van der Waals surface area contributed by atoms with E-state index in [1.54, 1.807) is 50.4 Å². The molecule has 0 aliphatic heterocycles. The molecule has 12 heteroatoms. The maximum Gasteiger partial charge on any atom is 0.416 e. The van der Waals surface area contributed by atoms with Gasteiger partial charge in [0.05, 0.1) is 29.7 Å². The molecule has 2 aromatic carbocycles. The Labute approximate surface area is 229 Å². The lowest BCUT2D eigenvalue weighted by Crippen LogP contribution is -2.27. The second-order valence-corrected chi connectivity index (χ2v) is 9.54. The molecule has 0 saturated heterocycles. The number of benzene rings is 2. The van der Waals surface area contributed by atoms with Crippen LogP contribution in [0, 0.1) is 6.92 Å². The van der Waals surface area contributed by atoms with Crippen molar-refractivity contribution in [1.82, 2.24) is 14.9 Å². The van der Waals surface area contributed by atoms with Crippen LogP contribution in [0.25, 0.3) is 16.7 Å². The summed E-state index contributed by atoms with van der Waals surface area (Å²) in [5.74, 6) is 5.80. The van der Waals surface area contributed by atoms with Crippen molar-refractivity contribution in [3.05, 3.63) is 88.9 Å². The highest BCUT2D eigenvalue weighted by Crippen LogP contribution is 2.38. The van der Waals surface area contributed by atoms with Crippen LogP contribution in [-0.4, -0.2) is 42.0 Å². The number of aromatic nitrogens is 2. The molecule has 4 rings (SSSR count). The van der Waals surface area contributed by atoms with Crippen molar-refractivity contribution < 1.29 is 22.7 Å². The third kappa shape index (κ3) is 6.19. The molecule has 1 amide bonds. The molecular weight excluding hydrogens is 523 g/mol. The first-order chi connectivity index (χ1) is 18.9. The number of aromatic amines is 1. The van der Waals surface area contributed by atoms with Crippen molar-refractivity contribution in [2.24, 2.45) is 11.6 Å². The highest BCUT2D eigenvalue weighted by atomic mass is 19.4. The predicted octanol–water partition coefficient (Wildman–Crippen LogP) is 4.85. The molecule has 0 saturated carbocycles. The van der Waals surface area contributed by atoms with Gasteiger partial charge in [0.15, 0.2) is 0 Å². The summed E-state index contributed by atoms with van der Waals surface area (Å²) < 4.78 is 46.3. The maximum absolute atomic E-state index is 13.6. The van der Waals surface area contributed by atoms with Crippen molar-refractivity contribution in [2.45, 2.75) is 19.6 Å². The van der Waals surface area contributed by atoms with Crippen molar-refractivity contribution in [1.29, 1.82) is 0 Å².